The van der Waals surface area contributed by atoms with Gasteiger partial charge in [-0.25, -0.2) is 0 Å². The lowest BCUT2D eigenvalue weighted by Gasteiger charge is -2.48. The van der Waals surface area contributed by atoms with E-state index in [9.17, 15) is 0 Å². The maximum Gasteiger partial charge on any atom is 0.163 e. The first-order valence-electron chi connectivity index (χ1n) is 6.84. The molecule has 0 unspecified atom stereocenters. The quantitative estimate of drug-likeness (QED) is 0.724. The van der Waals surface area contributed by atoms with E-state index in [1.54, 1.807) is 0 Å². The van der Waals surface area contributed by atoms with Crippen LogP contribution >= 0.6 is 0 Å². The van der Waals surface area contributed by atoms with E-state index in [0.29, 0.717) is 25.0 Å². The summed E-state index contributed by atoms with van der Waals surface area (Å²) in [7, 11) is 0. The Bertz CT molecular complexity index is 270. The van der Waals surface area contributed by atoms with Crippen molar-refractivity contribution in [2.45, 2.75) is 65.3 Å². The van der Waals surface area contributed by atoms with Gasteiger partial charge in [0, 0.05) is 11.8 Å². The van der Waals surface area contributed by atoms with E-state index in [1.807, 2.05) is 27.7 Å². The van der Waals surface area contributed by atoms with Crippen molar-refractivity contribution in [3.63, 3.8) is 0 Å². The summed E-state index contributed by atoms with van der Waals surface area (Å²) in [5.74, 6) is -0.385. The Balaban J connectivity index is 2.12. The van der Waals surface area contributed by atoms with E-state index in [4.69, 9.17) is 18.9 Å². The van der Waals surface area contributed by atoms with Crippen molar-refractivity contribution in [2.75, 3.05) is 13.2 Å². The van der Waals surface area contributed by atoms with Gasteiger partial charge >= 0.3 is 0 Å². The van der Waals surface area contributed by atoms with Crippen LogP contribution in [-0.2, 0) is 18.9 Å². The van der Waals surface area contributed by atoms with Gasteiger partial charge in [-0.15, -0.1) is 0 Å². The fourth-order valence-electron chi connectivity index (χ4n) is 2.59. The molecule has 0 bridgehead atoms. The molecule has 2 fully saturated rings. The zero-order valence-corrected chi connectivity index (χ0v) is 12.4. The Hall–Kier alpha value is -0.160. The maximum atomic E-state index is 6.09. The number of rotatable bonds is 1. The third-order valence-corrected chi connectivity index (χ3v) is 3.67. The molecule has 0 amide bonds. The van der Waals surface area contributed by atoms with Crippen LogP contribution in [-0.4, -0.2) is 37.0 Å². The van der Waals surface area contributed by atoms with Crippen LogP contribution in [0.15, 0.2) is 0 Å². The molecule has 106 valence electrons. The van der Waals surface area contributed by atoms with Crippen molar-refractivity contribution in [2.24, 2.45) is 11.8 Å². The number of hydrogen-bond acceptors (Lipinski definition) is 4. The first-order valence-corrected chi connectivity index (χ1v) is 6.84. The van der Waals surface area contributed by atoms with Crippen LogP contribution in [0.3, 0.4) is 0 Å². The molecule has 4 heteroatoms. The van der Waals surface area contributed by atoms with Crippen LogP contribution in [0.1, 0.15) is 41.5 Å². The lowest BCUT2D eigenvalue weighted by atomic mass is 9.90. The summed E-state index contributed by atoms with van der Waals surface area (Å²) in [5.41, 5.74) is 0. The normalized spacial score (nSPS) is 43.7. The Morgan fingerprint density at radius 3 is 1.39 bits per heavy atom. The summed E-state index contributed by atoms with van der Waals surface area (Å²) in [4.78, 5) is 0. The van der Waals surface area contributed by atoms with Crippen LogP contribution in [0, 0.1) is 11.8 Å². The molecule has 0 radical (unpaired) electrons. The summed E-state index contributed by atoms with van der Waals surface area (Å²) in [6.45, 7) is 13.6. The third-order valence-electron chi connectivity index (χ3n) is 3.67. The summed E-state index contributed by atoms with van der Waals surface area (Å²) >= 11 is 0. The largest absolute Gasteiger partial charge is 0.350 e. The molecule has 2 rings (SSSR count). The van der Waals surface area contributed by atoms with E-state index < -0.39 is 11.6 Å². The molecule has 2 aliphatic heterocycles. The summed E-state index contributed by atoms with van der Waals surface area (Å²) in [6.07, 6.45) is 0.124. The molecular weight excluding hydrogens is 232 g/mol. The van der Waals surface area contributed by atoms with Gasteiger partial charge in [0.1, 0.15) is 0 Å². The van der Waals surface area contributed by atoms with Crippen LogP contribution in [0.4, 0.5) is 0 Å². The molecule has 0 aromatic carbocycles. The lowest BCUT2D eigenvalue weighted by Crippen LogP contribution is -2.57. The predicted octanol–water partition coefficient (Wildman–Crippen LogP) is 2.56. The summed E-state index contributed by atoms with van der Waals surface area (Å²) in [6, 6.07) is 0. The Morgan fingerprint density at radius 1 is 0.722 bits per heavy atom. The Labute approximate surface area is 110 Å². The standard InChI is InChI=1S/C14H26O4/c1-9-7-15-13(3,4)17-11(9)12-10(2)8-16-14(5,6)18-12/h9-12H,7-8H2,1-6H3/t9-,10-,11+,12+/m1/s1. The van der Waals surface area contributed by atoms with Crippen LogP contribution < -0.4 is 0 Å². The highest BCUT2D eigenvalue weighted by Crippen LogP contribution is 2.36. The van der Waals surface area contributed by atoms with Crippen LogP contribution in [0.25, 0.3) is 0 Å². The van der Waals surface area contributed by atoms with Gasteiger partial charge in [-0.05, 0) is 27.7 Å². The number of hydrogen-bond donors (Lipinski definition) is 0. The van der Waals surface area contributed by atoms with Crippen molar-refractivity contribution in [1.82, 2.24) is 0 Å². The predicted molar refractivity (Wildman–Crippen MR) is 68.1 cm³/mol. The monoisotopic (exact) mass is 258 g/mol. The molecule has 2 heterocycles. The topological polar surface area (TPSA) is 36.9 Å². The molecule has 4 atom stereocenters. The minimum atomic E-state index is -0.525. The first-order chi connectivity index (χ1) is 8.20. The average Bonchev–Trinajstić information content (AvgIpc) is 2.25. The second-order valence-electron chi connectivity index (χ2n) is 6.54. The van der Waals surface area contributed by atoms with Gasteiger partial charge in [-0.1, -0.05) is 13.8 Å². The molecule has 0 saturated carbocycles. The highest BCUT2D eigenvalue weighted by Gasteiger charge is 2.45. The minimum Gasteiger partial charge on any atom is -0.350 e. The molecule has 2 aliphatic rings. The van der Waals surface area contributed by atoms with Crippen molar-refractivity contribution in [3.8, 4) is 0 Å². The summed E-state index contributed by atoms with van der Waals surface area (Å²) < 4.78 is 23.5. The highest BCUT2D eigenvalue weighted by atomic mass is 16.7. The molecule has 2 saturated heterocycles. The summed E-state index contributed by atoms with van der Waals surface area (Å²) in [5, 5.41) is 0. The van der Waals surface area contributed by atoms with Gasteiger partial charge in [-0.2, -0.15) is 0 Å². The van der Waals surface area contributed by atoms with E-state index in [-0.39, 0.29) is 12.2 Å². The first kappa shape index (κ1) is 14.3. The molecule has 0 aliphatic carbocycles. The number of ether oxygens (including phenoxy) is 4. The lowest BCUT2D eigenvalue weighted by molar-refractivity contribution is -0.358. The van der Waals surface area contributed by atoms with Crippen LogP contribution in [0.5, 0.6) is 0 Å². The van der Waals surface area contributed by atoms with Crippen LogP contribution in [0.2, 0.25) is 0 Å². The van der Waals surface area contributed by atoms with Crippen molar-refractivity contribution in [3.05, 3.63) is 0 Å². The van der Waals surface area contributed by atoms with Crippen molar-refractivity contribution >= 4 is 0 Å². The molecule has 18 heavy (non-hydrogen) atoms. The Kier molecular flexibility index (Phi) is 3.76. The molecule has 0 aromatic heterocycles. The highest BCUT2D eigenvalue weighted by molar-refractivity contribution is 4.87. The smallest absolute Gasteiger partial charge is 0.163 e. The molecular formula is C14H26O4. The van der Waals surface area contributed by atoms with E-state index in [2.05, 4.69) is 13.8 Å². The van der Waals surface area contributed by atoms with Gasteiger partial charge < -0.3 is 18.9 Å². The zero-order valence-electron chi connectivity index (χ0n) is 12.4. The zero-order chi connectivity index (χ0) is 13.6. The van der Waals surface area contributed by atoms with Crippen molar-refractivity contribution in [1.29, 1.82) is 0 Å². The second-order valence-corrected chi connectivity index (χ2v) is 6.54. The fourth-order valence-corrected chi connectivity index (χ4v) is 2.59. The van der Waals surface area contributed by atoms with Gasteiger partial charge in [-0.3, -0.25) is 0 Å². The molecule has 4 nitrogen and oxygen atoms in total. The molecule has 0 aromatic rings. The van der Waals surface area contributed by atoms with E-state index in [0.717, 1.165) is 0 Å². The van der Waals surface area contributed by atoms with Gasteiger partial charge in [0.05, 0.1) is 25.4 Å². The van der Waals surface area contributed by atoms with Gasteiger partial charge in [0.2, 0.25) is 0 Å². The van der Waals surface area contributed by atoms with Crippen molar-refractivity contribution < 1.29 is 18.9 Å². The minimum absolute atomic E-state index is 0.0620. The second kappa shape index (κ2) is 4.75. The fraction of sp³-hybridized carbons (Fsp3) is 1.00. The van der Waals surface area contributed by atoms with E-state index in [1.165, 1.54) is 0 Å². The SMILES string of the molecule is C[C@@H]1COC(C)(C)O[C@@H]1[C@H]1OC(C)(C)OC[C@H]1C. The average molecular weight is 258 g/mol. The molecule has 0 spiro atoms. The maximum absolute atomic E-state index is 6.09. The van der Waals surface area contributed by atoms with Gasteiger partial charge in [0.25, 0.3) is 0 Å². The molecule has 0 N–H and O–H groups in total. The van der Waals surface area contributed by atoms with E-state index >= 15 is 0 Å². The third kappa shape index (κ3) is 3.05. The van der Waals surface area contributed by atoms with Gasteiger partial charge in [0.15, 0.2) is 11.6 Å². The Morgan fingerprint density at radius 2 is 1.06 bits per heavy atom.